The Morgan fingerprint density at radius 1 is 1.25 bits per heavy atom. The van der Waals surface area contributed by atoms with Gasteiger partial charge in [-0.05, 0) is 30.3 Å². The Bertz CT molecular complexity index is 871. The zero-order valence-corrected chi connectivity index (χ0v) is 14.7. The summed E-state index contributed by atoms with van der Waals surface area (Å²) in [5.41, 5.74) is 1.05. The average Bonchev–Trinajstić information content (AvgIpc) is 3.02. The minimum absolute atomic E-state index is 0.154. The van der Waals surface area contributed by atoms with Gasteiger partial charge in [-0.15, -0.1) is 5.10 Å². The Kier molecular flexibility index (Phi) is 5.27. The molecule has 1 aromatic heterocycles. The highest BCUT2D eigenvalue weighted by molar-refractivity contribution is 9.10. The predicted octanol–water partition coefficient (Wildman–Crippen LogP) is 4.10. The van der Waals surface area contributed by atoms with Gasteiger partial charge in [0, 0.05) is 10.2 Å². The predicted molar refractivity (Wildman–Crippen MR) is 95.3 cm³/mol. The summed E-state index contributed by atoms with van der Waals surface area (Å²) < 4.78 is 14.6. The lowest BCUT2D eigenvalue weighted by Gasteiger charge is -2.04. The van der Waals surface area contributed by atoms with Crippen LogP contribution in [-0.4, -0.2) is 26.8 Å². The molecule has 0 unspecified atom stereocenters. The van der Waals surface area contributed by atoms with Crippen LogP contribution in [0.5, 0.6) is 0 Å². The van der Waals surface area contributed by atoms with E-state index in [0.717, 1.165) is 4.47 Å². The van der Waals surface area contributed by atoms with Gasteiger partial charge in [-0.2, -0.15) is 0 Å². The summed E-state index contributed by atoms with van der Waals surface area (Å²) in [6, 6.07) is 13.6. The lowest BCUT2D eigenvalue weighted by Crippen LogP contribution is -2.14. The third-order valence-corrected chi connectivity index (χ3v) is 4.38. The molecule has 0 aliphatic carbocycles. The van der Waals surface area contributed by atoms with Gasteiger partial charge in [-0.3, -0.25) is 9.89 Å². The first-order chi connectivity index (χ1) is 11.6. The van der Waals surface area contributed by atoms with E-state index in [9.17, 15) is 9.18 Å². The molecule has 2 N–H and O–H groups in total. The van der Waals surface area contributed by atoms with E-state index < -0.39 is 0 Å². The van der Waals surface area contributed by atoms with Crippen molar-refractivity contribution in [2.75, 3.05) is 11.1 Å². The van der Waals surface area contributed by atoms with Crippen LogP contribution in [0.4, 0.5) is 10.1 Å². The number of anilines is 1. The maximum Gasteiger partial charge on any atom is 0.234 e. The zero-order valence-electron chi connectivity index (χ0n) is 12.3. The Hall–Kier alpha value is -2.19. The van der Waals surface area contributed by atoms with Gasteiger partial charge < -0.3 is 5.32 Å². The van der Waals surface area contributed by atoms with E-state index in [1.165, 1.54) is 17.8 Å². The molecule has 0 aliphatic heterocycles. The van der Waals surface area contributed by atoms with Gasteiger partial charge in [0.1, 0.15) is 5.82 Å². The third kappa shape index (κ3) is 4.21. The molecule has 0 bridgehead atoms. The first kappa shape index (κ1) is 16.7. The number of H-pyrrole nitrogens is 1. The second-order valence-corrected chi connectivity index (χ2v) is 6.65. The minimum atomic E-state index is -0.377. The number of carbonyl (C=O) groups is 1. The molecule has 24 heavy (non-hydrogen) atoms. The van der Waals surface area contributed by atoms with Gasteiger partial charge in [0.2, 0.25) is 11.1 Å². The molecule has 0 fully saturated rings. The van der Waals surface area contributed by atoms with Crippen LogP contribution < -0.4 is 5.32 Å². The Morgan fingerprint density at radius 2 is 2.08 bits per heavy atom. The molecule has 8 heteroatoms. The van der Waals surface area contributed by atoms with Crippen LogP contribution in [0.2, 0.25) is 0 Å². The van der Waals surface area contributed by atoms with Gasteiger partial charge in [0.05, 0.1) is 11.3 Å². The summed E-state index contributed by atoms with van der Waals surface area (Å²) in [6.07, 6.45) is 0. The van der Waals surface area contributed by atoms with Gasteiger partial charge in [-0.25, -0.2) is 9.37 Å². The van der Waals surface area contributed by atoms with E-state index in [2.05, 4.69) is 36.4 Å². The molecule has 1 heterocycles. The molecule has 0 saturated heterocycles. The Labute approximate surface area is 150 Å². The smallest absolute Gasteiger partial charge is 0.234 e. The van der Waals surface area contributed by atoms with Crippen LogP contribution >= 0.6 is 27.7 Å². The molecule has 5 nitrogen and oxygen atoms in total. The highest BCUT2D eigenvalue weighted by Gasteiger charge is 2.11. The maximum absolute atomic E-state index is 13.7. The normalized spacial score (nSPS) is 10.6. The first-order valence-corrected chi connectivity index (χ1v) is 8.75. The molecule has 0 aliphatic rings. The molecule has 0 atom stereocenters. The van der Waals surface area contributed by atoms with Crippen LogP contribution in [0.1, 0.15) is 0 Å². The fourth-order valence-electron chi connectivity index (χ4n) is 1.98. The Balaban J connectivity index is 1.59. The van der Waals surface area contributed by atoms with Gasteiger partial charge >= 0.3 is 0 Å². The topological polar surface area (TPSA) is 70.7 Å². The molecule has 3 rings (SSSR count). The van der Waals surface area contributed by atoms with E-state index in [0.29, 0.717) is 22.2 Å². The van der Waals surface area contributed by atoms with Gasteiger partial charge in [0.25, 0.3) is 0 Å². The number of thioether (sulfide) groups is 1. The molecule has 122 valence electrons. The third-order valence-electron chi connectivity index (χ3n) is 3.03. The largest absolute Gasteiger partial charge is 0.325 e. The number of hydrogen-bond donors (Lipinski definition) is 2. The molecule has 0 saturated carbocycles. The fraction of sp³-hybridized carbons (Fsp3) is 0.0625. The summed E-state index contributed by atoms with van der Waals surface area (Å²) >= 11 is 4.52. The highest BCUT2D eigenvalue weighted by Crippen LogP contribution is 2.22. The number of benzene rings is 2. The van der Waals surface area contributed by atoms with Crippen molar-refractivity contribution < 1.29 is 9.18 Å². The van der Waals surface area contributed by atoms with E-state index in [1.54, 1.807) is 24.3 Å². The van der Waals surface area contributed by atoms with Crippen LogP contribution in [0.15, 0.2) is 58.2 Å². The average molecular weight is 407 g/mol. The number of amides is 1. The standard InChI is InChI=1S/C16H12BrFN4OS/c17-10-4-3-5-11(8-10)19-14(23)9-24-16-20-15(21-22-16)12-6-1-2-7-13(12)18/h1-8H,9H2,(H,19,23)(H,20,21,22). The van der Waals surface area contributed by atoms with Crippen molar-refractivity contribution in [1.82, 2.24) is 15.2 Å². The molecule has 1 amide bonds. The van der Waals surface area contributed by atoms with Crippen LogP contribution in [0, 0.1) is 5.82 Å². The number of halogens is 2. The quantitative estimate of drug-likeness (QED) is 0.625. The molecule has 3 aromatic rings. The number of nitrogens with zero attached hydrogens (tertiary/aromatic N) is 2. The number of aromatic nitrogens is 3. The van der Waals surface area contributed by atoms with Crippen molar-refractivity contribution in [3.05, 3.63) is 58.8 Å². The van der Waals surface area contributed by atoms with Gasteiger partial charge in [-0.1, -0.05) is 45.9 Å². The second-order valence-electron chi connectivity index (χ2n) is 4.79. The number of rotatable bonds is 5. The number of aromatic amines is 1. The summed E-state index contributed by atoms with van der Waals surface area (Å²) in [5.74, 6) is -0.0582. The van der Waals surface area contributed by atoms with Crippen molar-refractivity contribution in [3.63, 3.8) is 0 Å². The van der Waals surface area contributed by atoms with Crippen LogP contribution in [-0.2, 0) is 4.79 Å². The van der Waals surface area contributed by atoms with E-state index >= 15 is 0 Å². The zero-order chi connectivity index (χ0) is 16.9. The van der Waals surface area contributed by atoms with Crippen molar-refractivity contribution in [1.29, 1.82) is 0 Å². The highest BCUT2D eigenvalue weighted by atomic mass is 79.9. The van der Waals surface area contributed by atoms with Crippen LogP contribution in [0.25, 0.3) is 11.4 Å². The molecule has 2 aromatic carbocycles. The summed E-state index contributed by atoms with van der Waals surface area (Å²) in [6.45, 7) is 0. The Morgan fingerprint density at radius 3 is 2.88 bits per heavy atom. The summed E-state index contributed by atoms with van der Waals surface area (Å²) in [4.78, 5) is 16.2. The lowest BCUT2D eigenvalue weighted by molar-refractivity contribution is -0.113. The number of nitrogens with one attached hydrogen (secondary N) is 2. The lowest BCUT2D eigenvalue weighted by atomic mass is 10.2. The second kappa shape index (κ2) is 7.59. The van der Waals surface area contributed by atoms with Crippen molar-refractivity contribution in [2.24, 2.45) is 0 Å². The number of hydrogen-bond acceptors (Lipinski definition) is 4. The van der Waals surface area contributed by atoms with Crippen molar-refractivity contribution in [2.45, 2.75) is 5.16 Å². The van der Waals surface area contributed by atoms with Crippen LogP contribution in [0.3, 0.4) is 0 Å². The maximum atomic E-state index is 13.7. The van der Waals surface area contributed by atoms with Gasteiger partial charge in [0.15, 0.2) is 5.82 Å². The number of carbonyl (C=O) groups excluding carboxylic acids is 1. The van der Waals surface area contributed by atoms with E-state index in [-0.39, 0.29) is 17.5 Å². The molecule has 0 radical (unpaired) electrons. The first-order valence-electron chi connectivity index (χ1n) is 6.97. The molecular weight excluding hydrogens is 395 g/mol. The molecular formula is C16H12BrFN4OS. The van der Waals surface area contributed by atoms with Crippen molar-refractivity contribution in [3.8, 4) is 11.4 Å². The van der Waals surface area contributed by atoms with E-state index in [4.69, 9.17) is 0 Å². The summed E-state index contributed by atoms with van der Waals surface area (Å²) in [7, 11) is 0. The van der Waals surface area contributed by atoms with Crippen molar-refractivity contribution >= 4 is 39.3 Å². The summed E-state index contributed by atoms with van der Waals surface area (Å²) in [5, 5.41) is 9.86. The fourth-order valence-corrected chi connectivity index (χ4v) is 2.98. The minimum Gasteiger partial charge on any atom is -0.325 e. The SMILES string of the molecule is O=C(CSc1n[nH]c(-c2ccccc2F)n1)Nc1cccc(Br)c1. The van der Waals surface area contributed by atoms with E-state index in [1.807, 2.05) is 18.2 Å². The monoisotopic (exact) mass is 406 g/mol. The molecule has 0 spiro atoms.